The molecule has 5 rings (SSSR count). The largest absolute Gasteiger partial charge is 0.292 e. The summed E-state index contributed by atoms with van der Waals surface area (Å²) < 4.78 is 0. The van der Waals surface area contributed by atoms with Gasteiger partial charge in [0.05, 0.1) is 17.1 Å². The third-order valence-electron chi connectivity index (χ3n) is 5.50. The third-order valence-corrected chi connectivity index (χ3v) is 7.15. The summed E-state index contributed by atoms with van der Waals surface area (Å²) in [7, 11) is 0. The summed E-state index contributed by atoms with van der Waals surface area (Å²) in [5, 5.41) is 14.8. The van der Waals surface area contributed by atoms with E-state index in [2.05, 4.69) is 19.1 Å². The normalized spacial score (nSPS) is 19.6. The van der Waals surface area contributed by atoms with Crippen LogP contribution in [0.15, 0.2) is 89.1 Å². The molecule has 160 valence electrons. The average Bonchev–Trinajstić information content (AvgIpc) is 3.22. The van der Waals surface area contributed by atoms with Crippen LogP contribution in [-0.4, -0.2) is 16.5 Å². The topological polar surface area (TPSA) is 48.3 Å². The molecule has 7 heteroatoms. The maximum Gasteiger partial charge on any atom is 0.234 e. The first-order chi connectivity index (χ1) is 15.5. The Morgan fingerprint density at radius 3 is 2.34 bits per heavy atom. The minimum absolute atomic E-state index is 0.0883. The molecule has 1 unspecified atom stereocenters. The molecule has 1 atom stereocenters. The Kier molecular flexibility index (Phi) is 5.27. The van der Waals surface area contributed by atoms with Crippen molar-refractivity contribution in [3.05, 3.63) is 95.0 Å². The van der Waals surface area contributed by atoms with Gasteiger partial charge in [-0.1, -0.05) is 67.1 Å². The predicted octanol–water partition coefficient (Wildman–Crippen LogP) is 6.24. The fourth-order valence-corrected chi connectivity index (χ4v) is 5.55. The van der Waals surface area contributed by atoms with Crippen molar-refractivity contribution in [1.29, 1.82) is 0 Å². The van der Waals surface area contributed by atoms with Crippen molar-refractivity contribution in [3.8, 4) is 0 Å². The Morgan fingerprint density at radius 2 is 1.62 bits per heavy atom. The zero-order valence-electron chi connectivity index (χ0n) is 17.7. The van der Waals surface area contributed by atoms with E-state index in [1.807, 2.05) is 76.7 Å². The molecule has 0 bridgehead atoms. The van der Waals surface area contributed by atoms with Crippen LogP contribution in [0.1, 0.15) is 31.4 Å². The van der Waals surface area contributed by atoms with E-state index in [1.54, 1.807) is 6.92 Å². The number of carbonyl (C=O) groups excluding carboxylic acids is 1. The summed E-state index contributed by atoms with van der Waals surface area (Å²) in [5.41, 5.74) is 4.76. The van der Waals surface area contributed by atoms with Crippen LogP contribution in [0.2, 0.25) is 5.02 Å². The highest BCUT2D eigenvalue weighted by atomic mass is 35.5. The molecule has 32 heavy (non-hydrogen) atoms. The molecule has 0 radical (unpaired) electrons. The van der Waals surface area contributed by atoms with Crippen molar-refractivity contribution in [3.63, 3.8) is 0 Å². The van der Waals surface area contributed by atoms with Gasteiger partial charge in [0, 0.05) is 23.1 Å². The van der Waals surface area contributed by atoms with Crippen molar-refractivity contribution in [1.82, 2.24) is 0 Å². The summed E-state index contributed by atoms with van der Waals surface area (Å²) in [6.07, 6.45) is 0.776. The lowest BCUT2D eigenvalue weighted by atomic mass is 9.96. The van der Waals surface area contributed by atoms with Gasteiger partial charge in [0.15, 0.2) is 10.8 Å². The van der Waals surface area contributed by atoms with Gasteiger partial charge in [-0.3, -0.25) is 4.79 Å². The van der Waals surface area contributed by atoms with Gasteiger partial charge in [0.1, 0.15) is 0 Å². The number of anilines is 2. The molecule has 3 aromatic rings. The van der Waals surface area contributed by atoms with Crippen LogP contribution in [0.3, 0.4) is 0 Å². The molecular formula is C25H21ClN4OS. The number of hydrogen-bond acceptors (Lipinski definition) is 6. The number of hydrogen-bond donors (Lipinski definition) is 0. The van der Waals surface area contributed by atoms with Gasteiger partial charge in [-0.25, -0.2) is 10.0 Å². The number of fused-ring (bicyclic) bond motifs is 2. The number of carbonyl (C=O) groups is 1. The second-order valence-electron chi connectivity index (χ2n) is 7.56. The van der Waals surface area contributed by atoms with E-state index in [4.69, 9.17) is 21.8 Å². The number of nitrogens with zero attached hydrogens (tertiary/aromatic N) is 4. The van der Waals surface area contributed by atoms with Gasteiger partial charge in [-0.05, 0) is 48.5 Å². The number of halogens is 1. The van der Waals surface area contributed by atoms with Gasteiger partial charge in [0.2, 0.25) is 4.99 Å². The van der Waals surface area contributed by atoms with E-state index in [1.165, 1.54) is 11.8 Å². The number of hydrazone groups is 2. The predicted molar refractivity (Wildman–Crippen MR) is 134 cm³/mol. The number of ketones is 1. The summed E-state index contributed by atoms with van der Waals surface area (Å²) in [6.45, 7) is 3.65. The van der Waals surface area contributed by atoms with E-state index in [0.29, 0.717) is 10.1 Å². The lowest BCUT2D eigenvalue weighted by molar-refractivity contribution is -0.110. The van der Waals surface area contributed by atoms with E-state index >= 15 is 0 Å². The van der Waals surface area contributed by atoms with Gasteiger partial charge in [0.25, 0.3) is 0 Å². The maximum absolute atomic E-state index is 12.5. The molecule has 0 N–H and O–H groups in total. The molecule has 5 nitrogen and oxygen atoms in total. The fourth-order valence-electron chi connectivity index (χ4n) is 4.08. The van der Waals surface area contributed by atoms with Crippen LogP contribution < -0.4 is 10.0 Å². The molecule has 2 aliphatic rings. The fraction of sp³-hybridized carbons (Fsp3) is 0.160. The van der Waals surface area contributed by atoms with Crippen LogP contribution in [0.4, 0.5) is 11.4 Å². The van der Waals surface area contributed by atoms with E-state index < -0.39 is 4.99 Å². The Labute approximate surface area is 196 Å². The Balaban J connectivity index is 1.83. The summed E-state index contributed by atoms with van der Waals surface area (Å²) in [4.78, 5) is 11.6. The SMILES string of the molecule is CCC1=NN(c2ccccc2)C2(SC(C(C)=O)=NN2c2cccc(Cl)c2)c2ccccc21. The van der Waals surface area contributed by atoms with Crippen molar-refractivity contribution in [2.45, 2.75) is 25.3 Å². The molecular weight excluding hydrogens is 440 g/mol. The van der Waals surface area contributed by atoms with Crippen LogP contribution in [0.5, 0.6) is 0 Å². The van der Waals surface area contributed by atoms with Crippen LogP contribution >= 0.6 is 23.4 Å². The smallest absolute Gasteiger partial charge is 0.234 e. The summed E-state index contributed by atoms with van der Waals surface area (Å²) in [6, 6.07) is 25.7. The molecule has 0 saturated heterocycles. The highest BCUT2D eigenvalue weighted by molar-refractivity contribution is 8.17. The molecule has 1 spiro atoms. The highest BCUT2D eigenvalue weighted by Crippen LogP contribution is 2.54. The second-order valence-corrected chi connectivity index (χ2v) is 9.15. The monoisotopic (exact) mass is 460 g/mol. The molecule has 0 fully saturated rings. The molecule has 0 aliphatic carbocycles. The van der Waals surface area contributed by atoms with Crippen molar-refractivity contribution in [2.75, 3.05) is 10.0 Å². The average molecular weight is 461 g/mol. The summed E-state index contributed by atoms with van der Waals surface area (Å²) >= 11 is 7.77. The molecule has 0 aromatic heterocycles. The minimum atomic E-state index is -0.914. The standard InChI is InChI=1S/C25H21ClN4OS/c1-3-23-21-14-7-8-15-22(21)25(29(27-23)19-11-5-4-6-12-19)30(28-24(32-25)17(2)31)20-13-9-10-18(26)16-20/h4-16H,3H2,1-2H3. The van der Waals surface area contributed by atoms with E-state index in [-0.39, 0.29) is 5.78 Å². The number of thioether (sulfide) groups is 1. The van der Waals surface area contributed by atoms with E-state index in [9.17, 15) is 4.79 Å². The lowest BCUT2D eigenvalue weighted by Crippen LogP contribution is -2.53. The number of Topliss-reactive ketones (excluding diaryl/α,β-unsaturated/α-hetero) is 1. The molecule has 0 amide bonds. The summed E-state index contributed by atoms with van der Waals surface area (Å²) in [5.74, 6) is -0.0883. The van der Waals surface area contributed by atoms with Gasteiger partial charge in [-0.2, -0.15) is 10.2 Å². The highest BCUT2D eigenvalue weighted by Gasteiger charge is 2.55. The van der Waals surface area contributed by atoms with E-state index in [0.717, 1.165) is 34.6 Å². The number of benzene rings is 3. The molecule has 3 aromatic carbocycles. The molecule has 2 heterocycles. The number of para-hydroxylation sites is 1. The first-order valence-corrected chi connectivity index (χ1v) is 11.6. The van der Waals surface area contributed by atoms with Crippen molar-refractivity contribution < 1.29 is 4.79 Å². The maximum atomic E-state index is 12.5. The van der Waals surface area contributed by atoms with Crippen molar-refractivity contribution >= 4 is 51.3 Å². The Morgan fingerprint density at radius 1 is 0.938 bits per heavy atom. The van der Waals surface area contributed by atoms with Crippen LogP contribution in [0, 0.1) is 0 Å². The Hall–Kier alpha value is -3.09. The zero-order valence-corrected chi connectivity index (χ0v) is 19.3. The first-order valence-electron chi connectivity index (χ1n) is 10.4. The zero-order chi connectivity index (χ0) is 22.3. The minimum Gasteiger partial charge on any atom is -0.292 e. The molecule has 0 saturated carbocycles. The van der Waals surface area contributed by atoms with Gasteiger partial charge < -0.3 is 0 Å². The second kappa shape index (κ2) is 8.11. The lowest BCUT2D eigenvalue weighted by Gasteiger charge is -2.47. The van der Waals surface area contributed by atoms with Gasteiger partial charge in [-0.15, -0.1) is 0 Å². The molecule has 2 aliphatic heterocycles. The van der Waals surface area contributed by atoms with Gasteiger partial charge >= 0.3 is 0 Å². The van der Waals surface area contributed by atoms with Crippen molar-refractivity contribution in [2.24, 2.45) is 10.2 Å². The first kappa shape index (κ1) is 20.8. The quantitative estimate of drug-likeness (QED) is 0.462. The van der Waals surface area contributed by atoms with Crippen LogP contribution in [0.25, 0.3) is 0 Å². The van der Waals surface area contributed by atoms with Crippen LogP contribution in [-0.2, 0) is 9.79 Å². The Bertz CT molecular complexity index is 1260. The third kappa shape index (κ3) is 3.22. The number of rotatable bonds is 4.